The summed E-state index contributed by atoms with van der Waals surface area (Å²) in [6, 6.07) is 1.46. The first-order valence-electron chi connectivity index (χ1n) is 6.24. The van der Waals surface area contributed by atoms with Crippen molar-refractivity contribution in [1.82, 2.24) is 15.1 Å². The summed E-state index contributed by atoms with van der Waals surface area (Å²) in [4.78, 5) is 5.09. The fourth-order valence-corrected chi connectivity index (χ4v) is 2.23. The molecule has 0 aliphatic carbocycles. The Hall–Kier alpha value is -0.120. The van der Waals surface area contributed by atoms with E-state index in [2.05, 4.69) is 36.0 Å². The van der Waals surface area contributed by atoms with Gasteiger partial charge in [-0.2, -0.15) is 0 Å². The minimum Gasteiger partial charge on any atom is -0.320 e. The number of rotatable bonds is 5. The Morgan fingerprint density at radius 1 is 1.40 bits per heavy atom. The lowest BCUT2D eigenvalue weighted by Gasteiger charge is -2.40. The fraction of sp³-hybridized carbons (Fsp3) is 1.00. The Balaban J connectivity index is 2.24. The second-order valence-electron chi connectivity index (χ2n) is 4.92. The molecule has 1 heterocycles. The van der Waals surface area contributed by atoms with Crippen LogP contribution in [0.2, 0.25) is 0 Å². The van der Waals surface area contributed by atoms with E-state index >= 15 is 0 Å². The van der Waals surface area contributed by atoms with Crippen LogP contribution in [0.4, 0.5) is 0 Å². The van der Waals surface area contributed by atoms with Crippen molar-refractivity contribution < 1.29 is 0 Å². The van der Waals surface area contributed by atoms with E-state index in [4.69, 9.17) is 0 Å². The predicted molar refractivity (Wildman–Crippen MR) is 66.3 cm³/mol. The highest BCUT2D eigenvalue weighted by atomic mass is 15.3. The number of hydrogen-bond acceptors (Lipinski definition) is 3. The summed E-state index contributed by atoms with van der Waals surface area (Å²) < 4.78 is 0. The maximum Gasteiger partial charge on any atom is 0.0192 e. The summed E-state index contributed by atoms with van der Waals surface area (Å²) in [5.74, 6) is 0. The van der Waals surface area contributed by atoms with Crippen LogP contribution in [0.5, 0.6) is 0 Å². The maximum absolute atomic E-state index is 3.22. The molecule has 1 aliphatic heterocycles. The molecule has 0 aromatic heterocycles. The molecule has 1 aliphatic rings. The van der Waals surface area contributed by atoms with Crippen molar-refractivity contribution >= 4 is 0 Å². The zero-order valence-electron chi connectivity index (χ0n) is 10.8. The average Bonchev–Trinajstić information content (AvgIpc) is 2.22. The molecule has 0 amide bonds. The average molecular weight is 213 g/mol. The van der Waals surface area contributed by atoms with E-state index in [0.29, 0.717) is 6.04 Å². The van der Waals surface area contributed by atoms with Crippen molar-refractivity contribution in [3.8, 4) is 0 Å². The van der Waals surface area contributed by atoms with Crippen LogP contribution in [0.3, 0.4) is 0 Å². The molecule has 0 saturated carbocycles. The second-order valence-corrected chi connectivity index (χ2v) is 4.92. The summed E-state index contributed by atoms with van der Waals surface area (Å²) in [6.07, 6.45) is 2.61. The van der Waals surface area contributed by atoms with E-state index < -0.39 is 0 Å². The number of piperazine rings is 1. The van der Waals surface area contributed by atoms with E-state index in [0.717, 1.165) is 12.6 Å². The molecular formula is C12H27N3. The van der Waals surface area contributed by atoms with Crippen LogP contribution < -0.4 is 5.32 Å². The van der Waals surface area contributed by atoms with E-state index in [9.17, 15) is 0 Å². The molecule has 90 valence electrons. The minimum atomic E-state index is 0.713. The molecule has 0 aromatic rings. The second kappa shape index (κ2) is 6.46. The molecule has 2 atom stereocenters. The van der Waals surface area contributed by atoms with E-state index in [1.54, 1.807) is 0 Å². The Labute approximate surface area is 94.8 Å². The highest BCUT2D eigenvalue weighted by Crippen LogP contribution is 2.13. The first kappa shape index (κ1) is 12.9. The first-order valence-corrected chi connectivity index (χ1v) is 6.24. The quantitative estimate of drug-likeness (QED) is 0.688. The van der Waals surface area contributed by atoms with Gasteiger partial charge in [0, 0.05) is 31.7 Å². The Morgan fingerprint density at radius 3 is 2.73 bits per heavy atom. The van der Waals surface area contributed by atoms with Crippen molar-refractivity contribution in [2.75, 3.05) is 40.3 Å². The molecule has 2 unspecified atom stereocenters. The van der Waals surface area contributed by atoms with E-state index in [-0.39, 0.29) is 0 Å². The smallest absolute Gasteiger partial charge is 0.0192 e. The molecule has 0 aromatic carbocycles. The summed E-state index contributed by atoms with van der Waals surface area (Å²) >= 11 is 0. The minimum absolute atomic E-state index is 0.713. The normalized spacial score (nSPS) is 26.8. The van der Waals surface area contributed by atoms with Crippen LogP contribution in [-0.4, -0.2) is 62.2 Å². The van der Waals surface area contributed by atoms with Gasteiger partial charge >= 0.3 is 0 Å². The standard InChI is InChI=1S/C12H27N3/c1-11(6-5-7-13-3)15-9-8-14(4)12(2)10-15/h11-13H,5-10H2,1-4H3. The summed E-state index contributed by atoms with van der Waals surface area (Å²) in [5, 5.41) is 3.22. The predicted octanol–water partition coefficient (Wildman–Crippen LogP) is 1.01. The van der Waals surface area contributed by atoms with Crippen LogP contribution in [0, 0.1) is 0 Å². The third-order valence-corrected chi connectivity index (χ3v) is 3.66. The van der Waals surface area contributed by atoms with Gasteiger partial charge in [0.25, 0.3) is 0 Å². The Bertz CT molecular complexity index is 172. The zero-order chi connectivity index (χ0) is 11.3. The SMILES string of the molecule is CNCCCC(C)N1CCN(C)C(C)C1. The van der Waals surface area contributed by atoms with Crippen molar-refractivity contribution in [3.63, 3.8) is 0 Å². The number of nitrogens with one attached hydrogen (secondary N) is 1. The lowest BCUT2D eigenvalue weighted by molar-refractivity contribution is 0.0741. The van der Waals surface area contributed by atoms with Gasteiger partial charge in [0.2, 0.25) is 0 Å². The molecule has 0 radical (unpaired) electrons. The molecule has 0 spiro atoms. The Morgan fingerprint density at radius 2 is 2.13 bits per heavy atom. The third-order valence-electron chi connectivity index (χ3n) is 3.66. The lowest BCUT2D eigenvalue weighted by atomic mass is 10.1. The van der Waals surface area contributed by atoms with Crippen LogP contribution in [-0.2, 0) is 0 Å². The topological polar surface area (TPSA) is 18.5 Å². The van der Waals surface area contributed by atoms with Gasteiger partial charge in [0.1, 0.15) is 0 Å². The van der Waals surface area contributed by atoms with E-state index in [1.165, 1.54) is 32.5 Å². The fourth-order valence-electron chi connectivity index (χ4n) is 2.23. The van der Waals surface area contributed by atoms with Crippen molar-refractivity contribution in [3.05, 3.63) is 0 Å². The monoisotopic (exact) mass is 213 g/mol. The first-order chi connectivity index (χ1) is 7.15. The van der Waals surface area contributed by atoms with Gasteiger partial charge in [-0.15, -0.1) is 0 Å². The molecule has 1 saturated heterocycles. The molecule has 15 heavy (non-hydrogen) atoms. The maximum atomic E-state index is 3.22. The number of nitrogens with zero attached hydrogens (tertiary/aromatic N) is 2. The summed E-state index contributed by atoms with van der Waals surface area (Å²) in [6.45, 7) is 9.53. The Kier molecular flexibility index (Phi) is 5.58. The highest BCUT2D eigenvalue weighted by Gasteiger charge is 2.23. The van der Waals surface area contributed by atoms with Crippen molar-refractivity contribution in [1.29, 1.82) is 0 Å². The number of likely N-dealkylation sites (N-methyl/N-ethyl adjacent to an activating group) is 1. The van der Waals surface area contributed by atoms with Crippen molar-refractivity contribution in [2.24, 2.45) is 0 Å². The number of hydrogen-bond donors (Lipinski definition) is 1. The lowest BCUT2D eigenvalue weighted by Crippen LogP contribution is -2.52. The molecule has 1 N–H and O–H groups in total. The highest BCUT2D eigenvalue weighted by molar-refractivity contribution is 4.80. The summed E-state index contributed by atoms with van der Waals surface area (Å²) in [5.41, 5.74) is 0. The molecule has 1 rings (SSSR count). The van der Waals surface area contributed by atoms with Gasteiger partial charge in [-0.1, -0.05) is 0 Å². The van der Waals surface area contributed by atoms with Crippen LogP contribution in [0.25, 0.3) is 0 Å². The molecule has 3 nitrogen and oxygen atoms in total. The van der Waals surface area contributed by atoms with Gasteiger partial charge in [-0.25, -0.2) is 0 Å². The van der Waals surface area contributed by atoms with Crippen LogP contribution >= 0.6 is 0 Å². The third kappa shape index (κ3) is 4.09. The molecule has 1 fully saturated rings. The van der Waals surface area contributed by atoms with Crippen LogP contribution in [0.15, 0.2) is 0 Å². The van der Waals surface area contributed by atoms with Crippen LogP contribution in [0.1, 0.15) is 26.7 Å². The van der Waals surface area contributed by atoms with Crippen molar-refractivity contribution in [2.45, 2.75) is 38.8 Å². The molecule has 3 heteroatoms. The zero-order valence-corrected chi connectivity index (χ0v) is 10.8. The van der Waals surface area contributed by atoms with Gasteiger partial charge in [0.15, 0.2) is 0 Å². The molecule has 0 bridgehead atoms. The van der Waals surface area contributed by atoms with Gasteiger partial charge in [0.05, 0.1) is 0 Å². The summed E-state index contributed by atoms with van der Waals surface area (Å²) in [7, 11) is 4.26. The molecular weight excluding hydrogens is 186 g/mol. The van der Waals surface area contributed by atoms with Gasteiger partial charge in [-0.3, -0.25) is 4.90 Å². The largest absolute Gasteiger partial charge is 0.320 e. The van der Waals surface area contributed by atoms with Gasteiger partial charge < -0.3 is 10.2 Å². The van der Waals surface area contributed by atoms with E-state index in [1.807, 2.05) is 7.05 Å². The van der Waals surface area contributed by atoms with Gasteiger partial charge in [-0.05, 0) is 47.3 Å².